The molecule has 1 unspecified atom stereocenters. The molecule has 8 heteroatoms. The molecule has 1 saturated heterocycles. The van der Waals surface area contributed by atoms with Gasteiger partial charge in [-0.25, -0.2) is 4.79 Å². The van der Waals surface area contributed by atoms with Crippen LogP contribution in [0.15, 0.2) is 18.2 Å². The minimum Gasteiger partial charge on any atom is -0.465 e. The van der Waals surface area contributed by atoms with Crippen molar-refractivity contribution >= 4 is 23.8 Å². The molecule has 4 rings (SSSR count). The van der Waals surface area contributed by atoms with Crippen molar-refractivity contribution in [1.29, 1.82) is 0 Å². The van der Waals surface area contributed by atoms with Crippen molar-refractivity contribution < 1.29 is 24.3 Å². The molecule has 1 aliphatic carbocycles. The maximum Gasteiger partial charge on any atom is 0.407 e. The monoisotopic (exact) mass is 427 g/mol. The molecule has 0 radical (unpaired) electrons. The van der Waals surface area contributed by atoms with Gasteiger partial charge in [-0.2, -0.15) is 0 Å². The molecular weight excluding hydrogens is 398 g/mol. The van der Waals surface area contributed by atoms with Gasteiger partial charge in [0.15, 0.2) is 0 Å². The molecule has 166 valence electrons. The molecule has 1 aromatic carbocycles. The third-order valence-electron chi connectivity index (χ3n) is 6.94. The van der Waals surface area contributed by atoms with E-state index in [2.05, 4.69) is 19.2 Å². The molecule has 1 aromatic rings. The first-order valence-electron chi connectivity index (χ1n) is 10.9. The third kappa shape index (κ3) is 4.29. The molecule has 31 heavy (non-hydrogen) atoms. The Labute approximate surface area is 181 Å². The highest BCUT2D eigenvalue weighted by molar-refractivity contribution is 6.05. The summed E-state index contributed by atoms with van der Waals surface area (Å²) >= 11 is 0. The number of carboxylic acid groups (broad SMARTS) is 1. The number of fused-ring (bicyclic) bond motifs is 1. The van der Waals surface area contributed by atoms with Crippen LogP contribution in [0.4, 0.5) is 4.79 Å². The number of nitrogens with zero attached hydrogens (tertiary/aromatic N) is 2. The van der Waals surface area contributed by atoms with Crippen LogP contribution in [0.3, 0.4) is 0 Å². The predicted molar refractivity (Wildman–Crippen MR) is 112 cm³/mol. The van der Waals surface area contributed by atoms with E-state index in [1.54, 1.807) is 6.07 Å². The molecular formula is C23H29N3O5. The highest BCUT2D eigenvalue weighted by Gasteiger charge is 2.39. The molecule has 2 N–H and O–H groups in total. The quantitative estimate of drug-likeness (QED) is 0.719. The molecule has 1 saturated carbocycles. The maximum absolute atomic E-state index is 13.0. The van der Waals surface area contributed by atoms with Crippen molar-refractivity contribution in [2.75, 3.05) is 0 Å². The highest BCUT2D eigenvalue weighted by atomic mass is 16.4. The van der Waals surface area contributed by atoms with E-state index >= 15 is 0 Å². The highest BCUT2D eigenvalue weighted by Crippen LogP contribution is 2.37. The summed E-state index contributed by atoms with van der Waals surface area (Å²) in [4.78, 5) is 51.6. The Hall–Kier alpha value is -2.90. The van der Waals surface area contributed by atoms with Crippen LogP contribution in [0, 0.1) is 5.41 Å². The molecule has 4 amide bonds. The first kappa shape index (κ1) is 21.3. The minimum absolute atomic E-state index is 0.0190. The van der Waals surface area contributed by atoms with Crippen LogP contribution in [0.5, 0.6) is 0 Å². The lowest BCUT2D eigenvalue weighted by Gasteiger charge is -2.39. The molecule has 3 aliphatic rings. The van der Waals surface area contributed by atoms with E-state index in [0.29, 0.717) is 18.5 Å². The van der Waals surface area contributed by atoms with E-state index in [-0.39, 0.29) is 36.2 Å². The van der Waals surface area contributed by atoms with Crippen LogP contribution < -0.4 is 5.32 Å². The standard InChI is InChI=1S/C23H29N3O5/c1-23(2)9-7-16(8-10-23)25(22(30)31)12-14-3-4-15-13-26(21(29)17(15)11-14)18-5-6-19(27)24-20(18)28/h3-4,11,16,18H,5-10,12-13H2,1-2H3,(H,30,31)(H,24,27,28). The molecule has 0 aromatic heterocycles. The van der Waals surface area contributed by atoms with Gasteiger partial charge in [-0.05, 0) is 54.7 Å². The number of hydrogen-bond donors (Lipinski definition) is 2. The Morgan fingerprint density at radius 2 is 1.90 bits per heavy atom. The summed E-state index contributed by atoms with van der Waals surface area (Å²) in [5.74, 6) is -0.991. The molecule has 2 heterocycles. The van der Waals surface area contributed by atoms with E-state index < -0.39 is 18.0 Å². The fourth-order valence-electron chi connectivity index (χ4n) is 4.95. The molecule has 2 aliphatic heterocycles. The van der Waals surface area contributed by atoms with Gasteiger partial charge >= 0.3 is 6.09 Å². The summed E-state index contributed by atoms with van der Waals surface area (Å²) in [7, 11) is 0. The van der Waals surface area contributed by atoms with E-state index in [1.807, 2.05) is 12.1 Å². The van der Waals surface area contributed by atoms with E-state index in [4.69, 9.17) is 0 Å². The van der Waals surface area contributed by atoms with Gasteiger partial charge in [-0.1, -0.05) is 26.0 Å². The fraction of sp³-hybridized carbons (Fsp3) is 0.565. The van der Waals surface area contributed by atoms with Gasteiger partial charge < -0.3 is 14.9 Å². The van der Waals surface area contributed by atoms with Crippen molar-refractivity contribution in [3.8, 4) is 0 Å². The van der Waals surface area contributed by atoms with Crippen molar-refractivity contribution in [3.63, 3.8) is 0 Å². The SMILES string of the molecule is CC1(C)CCC(N(Cc2ccc3c(c2)C(=O)N(C2CCC(=O)NC2=O)C3)C(=O)O)CC1. The van der Waals surface area contributed by atoms with Gasteiger partial charge in [0.1, 0.15) is 6.04 Å². The molecule has 0 spiro atoms. The second kappa shape index (κ2) is 7.98. The van der Waals surface area contributed by atoms with Crippen molar-refractivity contribution in [1.82, 2.24) is 15.1 Å². The first-order valence-corrected chi connectivity index (χ1v) is 10.9. The molecule has 8 nitrogen and oxygen atoms in total. The molecule has 2 fully saturated rings. The van der Waals surface area contributed by atoms with Gasteiger partial charge in [0.2, 0.25) is 11.8 Å². The number of piperidine rings is 1. The largest absolute Gasteiger partial charge is 0.465 e. The Morgan fingerprint density at radius 1 is 1.19 bits per heavy atom. The Balaban J connectivity index is 1.48. The number of imide groups is 1. The van der Waals surface area contributed by atoms with Gasteiger partial charge in [0.25, 0.3) is 5.91 Å². The molecule has 1 atom stereocenters. The lowest BCUT2D eigenvalue weighted by atomic mass is 9.75. The summed E-state index contributed by atoms with van der Waals surface area (Å²) in [6.45, 7) is 4.99. The van der Waals surface area contributed by atoms with E-state index in [9.17, 15) is 24.3 Å². The minimum atomic E-state index is -0.943. The Bertz CT molecular complexity index is 931. The third-order valence-corrected chi connectivity index (χ3v) is 6.94. The van der Waals surface area contributed by atoms with Gasteiger partial charge in [-0.3, -0.25) is 19.7 Å². The number of nitrogens with one attached hydrogen (secondary N) is 1. The number of benzene rings is 1. The lowest BCUT2D eigenvalue weighted by molar-refractivity contribution is -0.136. The predicted octanol–water partition coefficient (Wildman–Crippen LogP) is 2.90. The fourth-order valence-corrected chi connectivity index (χ4v) is 4.95. The Kier molecular flexibility index (Phi) is 5.49. The maximum atomic E-state index is 13.0. The zero-order valence-corrected chi connectivity index (χ0v) is 18.0. The second-order valence-corrected chi connectivity index (χ2v) is 9.70. The van der Waals surface area contributed by atoms with Crippen molar-refractivity contribution in [2.24, 2.45) is 5.41 Å². The number of rotatable bonds is 4. The number of carbonyl (C=O) groups is 4. The zero-order chi connectivity index (χ0) is 22.3. The average molecular weight is 428 g/mol. The van der Waals surface area contributed by atoms with Crippen LogP contribution in [0.1, 0.15) is 73.9 Å². The van der Waals surface area contributed by atoms with Crippen LogP contribution >= 0.6 is 0 Å². The van der Waals surface area contributed by atoms with Gasteiger partial charge in [-0.15, -0.1) is 0 Å². The number of amides is 4. The summed E-state index contributed by atoms with van der Waals surface area (Å²) in [6.07, 6.45) is 3.26. The van der Waals surface area contributed by atoms with Gasteiger partial charge in [0, 0.05) is 31.1 Å². The van der Waals surface area contributed by atoms with Crippen LogP contribution in [-0.4, -0.2) is 50.8 Å². The zero-order valence-electron chi connectivity index (χ0n) is 18.0. The smallest absolute Gasteiger partial charge is 0.407 e. The summed E-state index contributed by atoms with van der Waals surface area (Å²) in [5, 5.41) is 12.1. The van der Waals surface area contributed by atoms with Crippen LogP contribution in [0.25, 0.3) is 0 Å². The first-order chi connectivity index (χ1) is 14.6. The van der Waals surface area contributed by atoms with Gasteiger partial charge in [0.05, 0.1) is 0 Å². The van der Waals surface area contributed by atoms with Crippen molar-refractivity contribution in [3.05, 3.63) is 34.9 Å². The van der Waals surface area contributed by atoms with Crippen LogP contribution in [-0.2, 0) is 22.7 Å². The number of carbonyl (C=O) groups excluding carboxylic acids is 3. The van der Waals surface area contributed by atoms with E-state index in [1.165, 1.54) is 9.80 Å². The normalized spacial score (nSPS) is 23.5. The Morgan fingerprint density at radius 3 is 2.55 bits per heavy atom. The average Bonchev–Trinajstić information content (AvgIpc) is 3.02. The topological polar surface area (TPSA) is 107 Å². The summed E-state index contributed by atoms with van der Waals surface area (Å²) in [5.41, 5.74) is 2.35. The number of hydrogen-bond acceptors (Lipinski definition) is 4. The summed E-state index contributed by atoms with van der Waals surface area (Å²) < 4.78 is 0. The second-order valence-electron chi connectivity index (χ2n) is 9.70. The molecule has 0 bridgehead atoms. The van der Waals surface area contributed by atoms with Crippen molar-refractivity contribution in [2.45, 2.75) is 77.5 Å². The van der Waals surface area contributed by atoms with E-state index in [0.717, 1.165) is 36.8 Å². The van der Waals surface area contributed by atoms with Crippen LogP contribution in [0.2, 0.25) is 0 Å². The lowest BCUT2D eigenvalue weighted by Crippen LogP contribution is -2.52. The summed E-state index contributed by atoms with van der Waals surface area (Å²) in [6, 6.07) is 4.80.